The van der Waals surface area contributed by atoms with Crippen LogP contribution in [0.15, 0.2) is 34.5 Å². The Bertz CT molecular complexity index is 222. The molecular weight excluding hydrogens is 140 g/mol. The molecule has 0 fully saturated rings. The van der Waals surface area contributed by atoms with Crippen molar-refractivity contribution in [2.75, 3.05) is 6.61 Å². The minimum atomic E-state index is 0.126. The first-order valence-electron chi connectivity index (χ1n) is 3.62. The molecule has 1 aromatic rings. The molecule has 0 spiro atoms. The highest BCUT2D eigenvalue weighted by atomic mass is 16.3. The van der Waals surface area contributed by atoms with Gasteiger partial charge in [0.15, 0.2) is 0 Å². The fraction of sp³-hybridized carbons (Fsp3) is 0.333. The van der Waals surface area contributed by atoms with Gasteiger partial charge in [-0.3, -0.25) is 0 Å². The van der Waals surface area contributed by atoms with Crippen molar-refractivity contribution < 1.29 is 9.52 Å². The summed E-state index contributed by atoms with van der Waals surface area (Å²) in [4.78, 5) is 0. The lowest BCUT2D eigenvalue weighted by atomic mass is 10.2. The third-order valence-corrected chi connectivity index (χ3v) is 1.48. The first-order chi connectivity index (χ1) is 5.33. The molecule has 0 bridgehead atoms. The van der Waals surface area contributed by atoms with Crippen molar-refractivity contribution in [2.45, 2.75) is 13.3 Å². The average Bonchev–Trinajstić information content (AvgIpc) is 2.52. The van der Waals surface area contributed by atoms with Crippen LogP contribution < -0.4 is 0 Å². The third-order valence-electron chi connectivity index (χ3n) is 1.48. The van der Waals surface area contributed by atoms with Crippen LogP contribution in [0.5, 0.6) is 0 Å². The second-order valence-electron chi connectivity index (χ2n) is 2.49. The number of hydrogen-bond donors (Lipinski definition) is 1. The molecule has 1 rings (SSSR count). The lowest BCUT2D eigenvalue weighted by molar-refractivity contribution is 0.331. The van der Waals surface area contributed by atoms with E-state index in [2.05, 4.69) is 0 Å². The van der Waals surface area contributed by atoms with Crippen LogP contribution >= 0.6 is 0 Å². The Hall–Kier alpha value is -1.02. The normalized spacial score (nSPS) is 12.0. The van der Waals surface area contributed by atoms with Gasteiger partial charge in [-0.05, 0) is 19.1 Å². The zero-order valence-corrected chi connectivity index (χ0v) is 6.58. The molecule has 0 aliphatic heterocycles. The van der Waals surface area contributed by atoms with Crippen molar-refractivity contribution in [1.29, 1.82) is 0 Å². The molecule has 0 amide bonds. The molecule has 0 aliphatic rings. The van der Waals surface area contributed by atoms with Crippen molar-refractivity contribution in [2.24, 2.45) is 0 Å². The van der Waals surface area contributed by atoms with E-state index in [9.17, 15) is 0 Å². The Kier molecular flexibility index (Phi) is 2.93. The Morgan fingerprint density at radius 1 is 1.73 bits per heavy atom. The molecule has 2 heteroatoms. The summed E-state index contributed by atoms with van der Waals surface area (Å²) in [5.41, 5.74) is 0.974. The van der Waals surface area contributed by atoms with Crippen LogP contribution in [0.1, 0.15) is 12.7 Å². The Balaban J connectivity index is 2.45. The van der Waals surface area contributed by atoms with Crippen molar-refractivity contribution >= 4 is 0 Å². The zero-order chi connectivity index (χ0) is 8.10. The van der Waals surface area contributed by atoms with E-state index in [1.807, 2.05) is 25.1 Å². The summed E-state index contributed by atoms with van der Waals surface area (Å²) in [6.07, 6.45) is 4.37. The molecule has 0 radical (unpaired) electrons. The van der Waals surface area contributed by atoms with Crippen LogP contribution in [0.4, 0.5) is 0 Å². The van der Waals surface area contributed by atoms with E-state index in [-0.39, 0.29) is 6.61 Å². The van der Waals surface area contributed by atoms with E-state index >= 15 is 0 Å². The number of furan rings is 1. The van der Waals surface area contributed by atoms with Gasteiger partial charge < -0.3 is 9.52 Å². The molecule has 11 heavy (non-hydrogen) atoms. The van der Waals surface area contributed by atoms with Crippen molar-refractivity contribution in [3.63, 3.8) is 0 Å². The first-order valence-corrected chi connectivity index (χ1v) is 3.62. The van der Waals surface area contributed by atoms with E-state index in [1.54, 1.807) is 6.26 Å². The van der Waals surface area contributed by atoms with E-state index in [0.717, 1.165) is 17.8 Å². The predicted octanol–water partition coefficient (Wildman–Crippen LogP) is 1.76. The second-order valence-corrected chi connectivity index (χ2v) is 2.49. The molecule has 0 unspecified atom stereocenters. The van der Waals surface area contributed by atoms with E-state index in [0.29, 0.717) is 0 Å². The standard InChI is InChI=1S/C9H12O2/c1-8(7-10)4-5-9-3-2-6-11-9/h2-4,6,10H,5,7H2,1H3/b8-4-. The second kappa shape index (κ2) is 3.98. The van der Waals surface area contributed by atoms with Gasteiger partial charge in [0.25, 0.3) is 0 Å². The van der Waals surface area contributed by atoms with Gasteiger partial charge >= 0.3 is 0 Å². The Morgan fingerprint density at radius 2 is 2.55 bits per heavy atom. The van der Waals surface area contributed by atoms with Gasteiger partial charge in [-0.2, -0.15) is 0 Å². The highest BCUT2D eigenvalue weighted by molar-refractivity contribution is 5.07. The average molecular weight is 152 g/mol. The molecule has 0 aromatic carbocycles. The SMILES string of the molecule is C/C(=C/Cc1ccco1)CO. The van der Waals surface area contributed by atoms with Gasteiger partial charge in [0, 0.05) is 6.42 Å². The summed E-state index contributed by atoms with van der Waals surface area (Å²) >= 11 is 0. The summed E-state index contributed by atoms with van der Waals surface area (Å²) in [7, 11) is 0. The molecule has 1 heterocycles. The van der Waals surface area contributed by atoms with Crippen molar-refractivity contribution in [3.8, 4) is 0 Å². The number of rotatable bonds is 3. The molecule has 0 saturated heterocycles. The van der Waals surface area contributed by atoms with Crippen molar-refractivity contribution in [3.05, 3.63) is 35.8 Å². The number of hydrogen-bond acceptors (Lipinski definition) is 2. The summed E-state index contributed by atoms with van der Waals surface area (Å²) in [6, 6.07) is 3.78. The van der Waals surface area contributed by atoms with E-state index in [1.165, 1.54) is 0 Å². The fourth-order valence-corrected chi connectivity index (χ4v) is 0.768. The van der Waals surface area contributed by atoms with Gasteiger partial charge in [-0.15, -0.1) is 0 Å². The fourth-order valence-electron chi connectivity index (χ4n) is 0.768. The predicted molar refractivity (Wildman–Crippen MR) is 43.3 cm³/mol. The topological polar surface area (TPSA) is 33.4 Å². The molecule has 0 atom stereocenters. The van der Waals surface area contributed by atoms with E-state index < -0.39 is 0 Å². The first kappa shape index (κ1) is 8.08. The van der Waals surface area contributed by atoms with Crippen LogP contribution in [0, 0.1) is 0 Å². The molecule has 60 valence electrons. The summed E-state index contributed by atoms with van der Waals surface area (Å²) in [5, 5.41) is 8.66. The van der Waals surface area contributed by atoms with Gasteiger partial charge in [-0.25, -0.2) is 0 Å². The highest BCUT2D eigenvalue weighted by Gasteiger charge is 1.91. The molecular formula is C9H12O2. The molecule has 0 saturated carbocycles. The Morgan fingerprint density at radius 3 is 3.09 bits per heavy atom. The smallest absolute Gasteiger partial charge is 0.107 e. The van der Waals surface area contributed by atoms with Gasteiger partial charge in [0.1, 0.15) is 5.76 Å². The lowest BCUT2D eigenvalue weighted by Crippen LogP contribution is -1.85. The minimum absolute atomic E-state index is 0.126. The molecule has 1 N–H and O–H groups in total. The number of allylic oxidation sites excluding steroid dienone is 1. The maximum atomic E-state index is 8.66. The lowest BCUT2D eigenvalue weighted by Gasteiger charge is -1.92. The van der Waals surface area contributed by atoms with Gasteiger partial charge in [-0.1, -0.05) is 11.6 Å². The van der Waals surface area contributed by atoms with Gasteiger partial charge in [0.05, 0.1) is 12.9 Å². The van der Waals surface area contributed by atoms with Crippen LogP contribution in [-0.4, -0.2) is 11.7 Å². The maximum absolute atomic E-state index is 8.66. The number of aliphatic hydroxyl groups is 1. The quantitative estimate of drug-likeness (QED) is 0.669. The van der Waals surface area contributed by atoms with Crippen LogP contribution in [-0.2, 0) is 6.42 Å². The van der Waals surface area contributed by atoms with Gasteiger partial charge in [0.2, 0.25) is 0 Å². The zero-order valence-electron chi connectivity index (χ0n) is 6.58. The summed E-state index contributed by atoms with van der Waals surface area (Å²) in [6.45, 7) is 2.02. The molecule has 2 nitrogen and oxygen atoms in total. The van der Waals surface area contributed by atoms with E-state index in [4.69, 9.17) is 9.52 Å². The summed E-state index contributed by atoms with van der Waals surface area (Å²) < 4.78 is 5.10. The molecule has 0 aliphatic carbocycles. The van der Waals surface area contributed by atoms with Crippen LogP contribution in [0.2, 0.25) is 0 Å². The number of aliphatic hydroxyl groups excluding tert-OH is 1. The largest absolute Gasteiger partial charge is 0.469 e. The maximum Gasteiger partial charge on any atom is 0.107 e. The van der Waals surface area contributed by atoms with Crippen molar-refractivity contribution in [1.82, 2.24) is 0 Å². The summed E-state index contributed by atoms with van der Waals surface area (Å²) in [5.74, 6) is 0.929. The minimum Gasteiger partial charge on any atom is -0.469 e. The highest BCUT2D eigenvalue weighted by Crippen LogP contribution is 2.03. The monoisotopic (exact) mass is 152 g/mol. The van der Waals surface area contributed by atoms with Crippen LogP contribution in [0.25, 0.3) is 0 Å². The third kappa shape index (κ3) is 2.60. The Labute approximate surface area is 66.2 Å². The van der Waals surface area contributed by atoms with Crippen LogP contribution in [0.3, 0.4) is 0 Å². The molecule has 1 aromatic heterocycles.